The highest BCUT2D eigenvalue weighted by Gasteiger charge is 2.22. The third-order valence-corrected chi connectivity index (χ3v) is 2.21. The molecule has 0 unspecified atom stereocenters. The first kappa shape index (κ1) is 16.5. The van der Waals surface area contributed by atoms with Gasteiger partial charge in [-0.15, -0.1) is 24.0 Å². The number of carbonyl (C=O) groups excluding carboxylic acids is 1. The van der Waals surface area contributed by atoms with E-state index < -0.39 is 0 Å². The predicted octanol–water partition coefficient (Wildman–Crippen LogP) is 0.848. The van der Waals surface area contributed by atoms with Crippen LogP contribution in [0.25, 0.3) is 0 Å². The Hall–Kier alpha value is -0.530. The fourth-order valence-corrected chi connectivity index (χ4v) is 1.24. The average Bonchev–Trinajstić information content (AvgIpc) is 3.06. The highest BCUT2D eigenvalue weighted by molar-refractivity contribution is 14.0. The van der Waals surface area contributed by atoms with E-state index in [0.29, 0.717) is 6.04 Å². The Bertz CT molecular complexity index is 254. The molecule has 1 rings (SSSR count). The number of nitrogens with one attached hydrogen (secondary N) is 3. The highest BCUT2D eigenvalue weighted by atomic mass is 127. The van der Waals surface area contributed by atoms with Crippen molar-refractivity contribution in [3.63, 3.8) is 0 Å². The lowest BCUT2D eigenvalue weighted by molar-refractivity contribution is -0.119. The van der Waals surface area contributed by atoms with Crippen LogP contribution in [0.5, 0.6) is 0 Å². The van der Waals surface area contributed by atoms with Crippen molar-refractivity contribution in [1.82, 2.24) is 16.0 Å². The van der Waals surface area contributed by atoms with E-state index in [9.17, 15) is 4.79 Å². The van der Waals surface area contributed by atoms with Crippen LogP contribution in [0.15, 0.2) is 4.99 Å². The van der Waals surface area contributed by atoms with Gasteiger partial charge in [0, 0.05) is 19.1 Å². The Morgan fingerprint density at radius 1 is 1.29 bits per heavy atom. The van der Waals surface area contributed by atoms with Crippen LogP contribution in [0.1, 0.15) is 33.1 Å². The first-order valence-corrected chi connectivity index (χ1v) is 6.07. The lowest BCUT2D eigenvalue weighted by atomic mass is 10.5. The van der Waals surface area contributed by atoms with Crippen LogP contribution in [-0.4, -0.2) is 37.5 Å². The number of carbonyl (C=O) groups is 1. The fraction of sp³-hybridized carbons (Fsp3) is 0.818. The SMILES string of the molecule is CCCNC(=NCC(=O)NC1CC1)NCC.I. The zero-order valence-corrected chi connectivity index (χ0v) is 12.9. The Balaban J connectivity index is 0.00000256. The number of guanidine groups is 1. The molecule has 0 aromatic heterocycles. The summed E-state index contributed by atoms with van der Waals surface area (Å²) in [7, 11) is 0. The number of hydrogen-bond donors (Lipinski definition) is 3. The molecule has 100 valence electrons. The molecule has 1 fully saturated rings. The molecule has 0 radical (unpaired) electrons. The summed E-state index contributed by atoms with van der Waals surface area (Å²) < 4.78 is 0. The van der Waals surface area contributed by atoms with Crippen LogP contribution < -0.4 is 16.0 Å². The summed E-state index contributed by atoms with van der Waals surface area (Å²) in [5.74, 6) is 0.728. The predicted molar refractivity (Wildman–Crippen MR) is 80.9 cm³/mol. The zero-order valence-electron chi connectivity index (χ0n) is 10.6. The quantitative estimate of drug-likeness (QED) is 0.376. The maximum Gasteiger partial charge on any atom is 0.242 e. The van der Waals surface area contributed by atoms with Gasteiger partial charge in [-0.05, 0) is 26.2 Å². The standard InChI is InChI=1S/C11H22N4O.HI/c1-3-7-13-11(12-4-2)14-8-10(16)15-9-5-6-9;/h9H,3-8H2,1-2H3,(H,15,16)(H2,12,13,14);1H. The Morgan fingerprint density at radius 3 is 2.53 bits per heavy atom. The lowest BCUT2D eigenvalue weighted by Crippen LogP contribution is -2.39. The van der Waals surface area contributed by atoms with Gasteiger partial charge in [-0.25, -0.2) is 4.99 Å². The highest BCUT2D eigenvalue weighted by Crippen LogP contribution is 2.18. The summed E-state index contributed by atoms with van der Waals surface area (Å²) in [4.78, 5) is 15.6. The van der Waals surface area contributed by atoms with E-state index in [2.05, 4.69) is 27.9 Å². The molecule has 1 aliphatic rings. The average molecular weight is 354 g/mol. The van der Waals surface area contributed by atoms with Crippen molar-refractivity contribution >= 4 is 35.8 Å². The van der Waals surface area contributed by atoms with Crippen molar-refractivity contribution in [2.24, 2.45) is 4.99 Å². The van der Waals surface area contributed by atoms with Crippen molar-refractivity contribution in [3.05, 3.63) is 0 Å². The Labute approximate surface area is 120 Å². The summed E-state index contributed by atoms with van der Waals surface area (Å²) in [6.07, 6.45) is 3.27. The van der Waals surface area contributed by atoms with Crippen LogP contribution in [0.2, 0.25) is 0 Å². The molecule has 0 bridgehead atoms. The van der Waals surface area contributed by atoms with Crippen LogP contribution in [0.4, 0.5) is 0 Å². The molecule has 6 heteroatoms. The molecule has 0 aromatic carbocycles. The van der Waals surface area contributed by atoms with Gasteiger partial charge in [0.05, 0.1) is 0 Å². The number of rotatable bonds is 6. The second-order valence-electron chi connectivity index (χ2n) is 3.96. The molecule has 1 amide bonds. The molecule has 1 aliphatic carbocycles. The number of halogens is 1. The molecule has 1 saturated carbocycles. The van der Waals surface area contributed by atoms with Gasteiger partial charge in [-0.2, -0.15) is 0 Å². The number of hydrogen-bond acceptors (Lipinski definition) is 2. The third-order valence-electron chi connectivity index (χ3n) is 2.21. The van der Waals surface area contributed by atoms with Crippen LogP contribution >= 0.6 is 24.0 Å². The first-order valence-electron chi connectivity index (χ1n) is 6.07. The molecule has 0 atom stereocenters. The van der Waals surface area contributed by atoms with Gasteiger partial charge in [0.2, 0.25) is 5.91 Å². The second-order valence-corrected chi connectivity index (χ2v) is 3.96. The monoisotopic (exact) mass is 354 g/mol. The summed E-state index contributed by atoms with van der Waals surface area (Å²) >= 11 is 0. The van der Waals surface area contributed by atoms with Crippen molar-refractivity contribution in [3.8, 4) is 0 Å². The van der Waals surface area contributed by atoms with Gasteiger partial charge in [0.1, 0.15) is 6.54 Å². The van der Waals surface area contributed by atoms with Gasteiger partial charge in [-0.3, -0.25) is 4.79 Å². The maximum atomic E-state index is 11.4. The number of amides is 1. The molecule has 17 heavy (non-hydrogen) atoms. The largest absolute Gasteiger partial charge is 0.357 e. The molecule has 3 N–H and O–H groups in total. The van der Waals surface area contributed by atoms with E-state index >= 15 is 0 Å². The van der Waals surface area contributed by atoms with Crippen molar-refractivity contribution < 1.29 is 4.79 Å². The van der Waals surface area contributed by atoms with Crippen LogP contribution in [0, 0.1) is 0 Å². The van der Waals surface area contributed by atoms with E-state index in [-0.39, 0.29) is 36.4 Å². The van der Waals surface area contributed by atoms with Crippen molar-refractivity contribution in [2.75, 3.05) is 19.6 Å². The second kappa shape index (κ2) is 9.49. The minimum absolute atomic E-state index is 0. The molecule has 0 spiro atoms. The van der Waals surface area contributed by atoms with E-state index in [1.165, 1.54) is 0 Å². The van der Waals surface area contributed by atoms with Crippen LogP contribution in [0.3, 0.4) is 0 Å². The molecule has 0 aromatic rings. The fourth-order valence-electron chi connectivity index (χ4n) is 1.24. The summed E-state index contributed by atoms with van der Waals surface area (Å²) in [6, 6.07) is 0.411. The number of aliphatic imine (C=N–C) groups is 1. The molecule has 5 nitrogen and oxygen atoms in total. The van der Waals surface area contributed by atoms with Gasteiger partial charge < -0.3 is 16.0 Å². The molecule has 0 aliphatic heterocycles. The first-order chi connectivity index (χ1) is 7.76. The summed E-state index contributed by atoms with van der Waals surface area (Å²) in [5, 5.41) is 9.16. The molecule has 0 heterocycles. The normalized spacial score (nSPS) is 14.8. The van der Waals surface area contributed by atoms with E-state index in [0.717, 1.165) is 38.3 Å². The smallest absolute Gasteiger partial charge is 0.242 e. The van der Waals surface area contributed by atoms with Gasteiger partial charge in [-0.1, -0.05) is 6.92 Å². The number of nitrogens with zero attached hydrogens (tertiary/aromatic N) is 1. The third kappa shape index (κ3) is 8.23. The van der Waals surface area contributed by atoms with E-state index in [4.69, 9.17) is 0 Å². The van der Waals surface area contributed by atoms with Gasteiger partial charge in [0.25, 0.3) is 0 Å². The zero-order chi connectivity index (χ0) is 11.8. The van der Waals surface area contributed by atoms with Crippen LogP contribution in [-0.2, 0) is 4.79 Å². The van der Waals surface area contributed by atoms with Crippen molar-refractivity contribution in [2.45, 2.75) is 39.2 Å². The lowest BCUT2D eigenvalue weighted by Gasteiger charge is -2.09. The topological polar surface area (TPSA) is 65.5 Å². The van der Waals surface area contributed by atoms with Gasteiger partial charge in [0.15, 0.2) is 5.96 Å². The van der Waals surface area contributed by atoms with Crippen molar-refractivity contribution in [1.29, 1.82) is 0 Å². The Kier molecular flexibility index (Phi) is 9.20. The minimum atomic E-state index is 0. The molecular formula is C11H23IN4O. The van der Waals surface area contributed by atoms with E-state index in [1.807, 2.05) is 6.92 Å². The molecule has 0 saturated heterocycles. The summed E-state index contributed by atoms with van der Waals surface area (Å²) in [5.41, 5.74) is 0. The molecular weight excluding hydrogens is 331 g/mol. The summed E-state index contributed by atoms with van der Waals surface area (Å²) in [6.45, 7) is 5.98. The minimum Gasteiger partial charge on any atom is -0.357 e. The maximum absolute atomic E-state index is 11.4. The van der Waals surface area contributed by atoms with E-state index in [1.54, 1.807) is 0 Å². The Morgan fingerprint density at radius 2 is 2.00 bits per heavy atom. The van der Waals surface area contributed by atoms with Gasteiger partial charge >= 0.3 is 0 Å².